The first kappa shape index (κ1) is 25.0. The molecule has 0 radical (unpaired) electrons. The fourth-order valence-corrected chi connectivity index (χ4v) is 4.69. The summed E-state index contributed by atoms with van der Waals surface area (Å²) in [5.74, 6) is -2.06. The van der Waals surface area contributed by atoms with E-state index in [0.717, 1.165) is 23.3 Å². The summed E-state index contributed by atoms with van der Waals surface area (Å²) in [4.78, 5) is 4.33. The van der Waals surface area contributed by atoms with Crippen LogP contribution in [0, 0.1) is 24.5 Å². The Bertz CT molecular complexity index is 1290. The normalized spacial score (nSPS) is 18.8. The number of rotatable bonds is 9. The van der Waals surface area contributed by atoms with E-state index >= 15 is 8.78 Å². The van der Waals surface area contributed by atoms with Gasteiger partial charge in [-0.25, -0.2) is 18.7 Å². The van der Waals surface area contributed by atoms with Crippen LogP contribution >= 0.6 is 0 Å². The molecule has 7 nitrogen and oxygen atoms in total. The molecule has 194 valence electrons. The number of aryl methyl sites for hydroxylation is 1. The van der Waals surface area contributed by atoms with Gasteiger partial charge in [0.2, 0.25) is 0 Å². The number of halogens is 3. The van der Waals surface area contributed by atoms with Crippen LogP contribution in [0.1, 0.15) is 35.2 Å². The van der Waals surface area contributed by atoms with Crippen molar-refractivity contribution >= 4 is 6.34 Å². The van der Waals surface area contributed by atoms with Gasteiger partial charge in [0, 0.05) is 24.6 Å². The van der Waals surface area contributed by atoms with Crippen molar-refractivity contribution in [3.8, 4) is 5.75 Å². The van der Waals surface area contributed by atoms with Gasteiger partial charge in [0.1, 0.15) is 30.3 Å². The van der Waals surface area contributed by atoms with Crippen LogP contribution in [0.5, 0.6) is 5.75 Å². The highest BCUT2D eigenvalue weighted by Gasteiger charge is 2.64. The maximum absolute atomic E-state index is 17.4. The topological polar surface area (TPSA) is 73.2 Å². The quantitative estimate of drug-likeness (QED) is 0.446. The molecule has 2 atom stereocenters. The number of ether oxygens (including phenoxy) is 1. The first-order chi connectivity index (χ1) is 17.7. The number of nitrogens with one attached hydrogen (secondary N) is 1. The first-order valence-corrected chi connectivity index (χ1v) is 12.0. The molecule has 0 amide bonds. The van der Waals surface area contributed by atoms with Crippen molar-refractivity contribution in [1.82, 2.24) is 20.6 Å². The molecular formula is C27H28F3N5O2. The van der Waals surface area contributed by atoms with E-state index in [4.69, 9.17) is 4.74 Å². The van der Waals surface area contributed by atoms with Crippen molar-refractivity contribution in [3.63, 3.8) is 0 Å². The molecule has 0 spiro atoms. The number of pyridine rings is 1. The molecule has 2 unspecified atom stereocenters. The molecule has 0 bridgehead atoms. The smallest absolute Gasteiger partial charge is 0.189 e. The van der Waals surface area contributed by atoms with E-state index in [-0.39, 0.29) is 11.3 Å². The molecule has 37 heavy (non-hydrogen) atoms. The summed E-state index contributed by atoms with van der Waals surface area (Å²) in [6.45, 7) is 1.91. The van der Waals surface area contributed by atoms with E-state index in [1.807, 2.05) is 31.2 Å². The standard InChI is InChI=1S/C27H28F3N5O2/c1-18-3-5-19(6-4-18)15-37-22-10-12-25(31-14-22)27(30,20-7-8-20)26(36,16-35-17-32-33-34(35)2)23-11-9-21(28)13-24(23)29/h3-6,9-14,17,20,33,36H,7-8,15-16H2,1-2H3. The molecule has 2 N–H and O–H groups in total. The Kier molecular flexibility index (Phi) is 6.55. The van der Waals surface area contributed by atoms with Gasteiger partial charge in [-0.2, -0.15) is 5.10 Å². The number of alkyl halides is 1. The van der Waals surface area contributed by atoms with Gasteiger partial charge < -0.3 is 9.84 Å². The van der Waals surface area contributed by atoms with Crippen molar-refractivity contribution < 1.29 is 23.0 Å². The zero-order valence-corrected chi connectivity index (χ0v) is 20.5. The largest absolute Gasteiger partial charge is 0.487 e. The zero-order valence-electron chi connectivity index (χ0n) is 20.5. The molecule has 5 rings (SSSR count). The van der Waals surface area contributed by atoms with E-state index in [9.17, 15) is 9.50 Å². The highest BCUT2D eigenvalue weighted by atomic mass is 19.1. The number of β-amino-alcohol motifs (C(OH)–C–C–N with tert-alkyl or cyclic N) is 1. The lowest BCUT2D eigenvalue weighted by Crippen LogP contribution is -2.57. The van der Waals surface area contributed by atoms with Gasteiger partial charge in [-0.05, 0) is 43.5 Å². The number of aromatic nitrogens is 1. The average Bonchev–Trinajstić information content (AvgIpc) is 3.66. The van der Waals surface area contributed by atoms with E-state index in [2.05, 4.69) is 15.6 Å². The summed E-state index contributed by atoms with van der Waals surface area (Å²) in [5.41, 5.74) is -0.583. The Morgan fingerprint density at radius 2 is 1.86 bits per heavy atom. The molecular weight excluding hydrogens is 483 g/mol. The van der Waals surface area contributed by atoms with E-state index < -0.39 is 35.4 Å². The lowest BCUT2D eigenvalue weighted by atomic mass is 9.73. The summed E-state index contributed by atoms with van der Waals surface area (Å²) in [5, 5.41) is 18.8. The second-order valence-corrected chi connectivity index (χ2v) is 9.59. The summed E-state index contributed by atoms with van der Waals surface area (Å²) in [6.07, 6.45) is 3.72. The Balaban J connectivity index is 1.49. The summed E-state index contributed by atoms with van der Waals surface area (Å²) < 4.78 is 52.1. The summed E-state index contributed by atoms with van der Waals surface area (Å²) in [7, 11) is 1.61. The lowest BCUT2D eigenvalue weighted by Gasteiger charge is -2.44. The number of hydrazine groups is 2. The third-order valence-corrected chi connectivity index (χ3v) is 6.92. The molecule has 1 fully saturated rings. The van der Waals surface area contributed by atoms with E-state index in [1.165, 1.54) is 28.7 Å². The Labute approximate surface area is 213 Å². The van der Waals surface area contributed by atoms with E-state index in [0.29, 0.717) is 31.3 Å². The maximum atomic E-state index is 17.4. The first-order valence-electron chi connectivity index (χ1n) is 12.0. The number of hydrogen-bond donors (Lipinski definition) is 2. The minimum atomic E-state index is -2.49. The van der Waals surface area contributed by atoms with Crippen LogP contribution in [-0.2, 0) is 17.9 Å². The second kappa shape index (κ2) is 9.68. The van der Waals surface area contributed by atoms with Crippen LogP contribution in [0.25, 0.3) is 0 Å². The molecule has 1 aliphatic carbocycles. The van der Waals surface area contributed by atoms with Crippen molar-refractivity contribution in [1.29, 1.82) is 0 Å². The van der Waals surface area contributed by atoms with Crippen molar-refractivity contribution in [2.45, 2.75) is 37.6 Å². The van der Waals surface area contributed by atoms with Crippen LogP contribution in [0.3, 0.4) is 0 Å². The predicted octanol–water partition coefficient (Wildman–Crippen LogP) is 4.32. The van der Waals surface area contributed by atoms with Gasteiger partial charge in [0.15, 0.2) is 11.3 Å². The third kappa shape index (κ3) is 4.74. The number of hydrogen-bond acceptors (Lipinski definition) is 7. The van der Waals surface area contributed by atoms with Crippen molar-refractivity contribution in [2.75, 3.05) is 13.6 Å². The third-order valence-electron chi connectivity index (χ3n) is 6.92. The highest BCUT2D eigenvalue weighted by Crippen LogP contribution is 2.58. The Hall–Kier alpha value is -3.63. The summed E-state index contributed by atoms with van der Waals surface area (Å²) in [6, 6.07) is 13.7. The van der Waals surface area contributed by atoms with Gasteiger partial charge in [-0.15, -0.1) is 5.12 Å². The van der Waals surface area contributed by atoms with Crippen LogP contribution in [0.15, 0.2) is 65.9 Å². The Morgan fingerprint density at radius 3 is 2.46 bits per heavy atom. The average molecular weight is 512 g/mol. The molecule has 0 saturated heterocycles. The molecule has 1 aromatic heterocycles. The van der Waals surface area contributed by atoms with Crippen LogP contribution in [0.4, 0.5) is 13.2 Å². The number of hydrazone groups is 1. The second-order valence-electron chi connectivity index (χ2n) is 9.59. The van der Waals surface area contributed by atoms with Crippen LogP contribution < -0.4 is 10.3 Å². The van der Waals surface area contributed by atoms with Crippen LogP contribution in [0.2, 0.25) is 0 Å². The zero-order chi connectivity index (χ0) is 26.2. The van der Waals surface area contributed by atoms with Gasteiger partial charge in [-0.1, -0.05) is 35.9 Å². The minimum Gasteiger partial charge on any atom is -0.487 e. The van der Waals surface area contributed by atoms with Gasteiger partial charge in [-0.3, -0.25) is 9.99 Å². The fourth-order valence-electron chi connectivity index (χ4n) is 4.69. The number of nitrogens with zero attached hydrogens (tertiary/aromatic N) is 4. The fraction of sp³-hybridized carbons (Fsp3) is 0.333. The van der Waals surface area contributed by atoms with Crippen LogP contribution in [-0.4, -0.2) is 40.1 Å². The number of benzene rings is 2. The van der Waals surface area contributed by atoms with Gasteiger partial charge in [0.25, 0.3) is 0 Å². The van der Waals surface area contributed by atoms with Gasteiger partial charge in [0.05, 0.1) is 18.4 Å². The SMILES string of the molecule is Cc1ccc(COc2ccc(C(F)(C3CC3)C(O)(CN3C=NNN3C)c3ccc(F)cc3F)nc2)cc1. The lowest BCUT2D eigenvalue weighted by molar-refractivity contribution is -0.159. The molecule has 2 aromatic carbocycles. The monoisotopic (exact) mass is 511 g/mol. The van der Waals surface area contributed by atoms with Crippen molar-refractivity contribution in [3.05, 3.63) is 94.8 Å². The molecule has 2 heterocycles. The highest BCUT2D eigenvalue weighted by molar-refractivity contribution is 5.55. The maximum Gasteiger partial charge on any atom is 0.189 e. The molecule has 2 aliphatic rings. The van der Waals surface area contributed by atoms with Crippen molar-refractivity contribution in [2.24, 2.45) is 11.0 Å². The minimum absolute atomic E-state index is 0.0596. The summed E-state index contributed by atoms with van der Waals surface area (Å²) >= 11 is 0. The molecule has 10 heteroatoms. The van der Waals surface area contributed by atoms with Gasteiger partial charge >= 0.3 is 0 Å². The molecule has 1 aliphatic heterocycles. The van der Waals surface area contributed by atoms with E-state index in [1.54, 1.807) is 13.1 Å². The molecule has 1 saturated carbocycles. The Morgan fingerprint density at radius 1 is 1.11 bits per heavy atom. The number of aliphatic hydroxyl groups is 1. The predicted molar refractivity (Wildman–Crippen MR) is 132 cm³/mol. The molecule has 3 aromatic rings.